The molecule has 3 rings (SSSR count). The maximum atomic E-state index is 12.5. The van der Waals surface area contributed by atoms with E-state index in [1.165, 1.54) is 12.1 Å². The SMILES string of the molecule is CC(C)(C)NC(=O)N1CCn2nc(-c3ccc(S(C)(=O)=O)cc3)c(C(N)=O)c2C1. The van der Waals surface area contributed by atoms with Gasteiger partial charge in [-0.3, -0.25) is 9.48 Å². The minimum absolute atomic E-state index is 0.177. The molecular formula is C19H25N5O4S. The summed E-state index contributed by atoms with van der Waals surface area (Å²) in [5.74, 6) is -0.647. The van der Waals surface area contributed by atoms with Gasteiger partial charge in [0.15, 0.2) is 9.84 Å². The zero-order valence-electron chi connectivity index (χ0n) is 16.9. The predicted molar refractivity (Wildman–Crippen MR) is 108 cm³/mol. The number of aromatic nitrogens is 2. The van der Waals surface area contributed by atoms with Crippen LogP contribution in [-0.4, -0.2) is 53.4 Å². The third-order valence-corrected chi connectivity index (χ3v) is 5.68. The number of primary amides is 1. The summed E-state index contributed by atoms with van der Waals surface area (Å²) in [6.45, 7) is 6.76. The predicted octanol–water partition coefficient (Wildman–Crippen LogP) is 1.38. The Balaban J connectivity index is 1.97. The van der Waals surface area contributed by atoms with Crippen molar-refractivity contribution < 1.29 is 18.0 Å². The van der Waals surface area contributed by atoms with Gasteiger partial charge < -0.3 is 16.0 Å². The van der Waals surface area contributed by atoms with E-state index in [2.05, 4.69) is 10.4 Å². The Morgan fingerprint density at radius 3 is 2.28 bits per heavy atom. The molecular weight excluding hydrogens is 394 g/mol. The number of benzene rings is 1. The molecule has 2 heterocycles. The Hall–Kier alpha value is -2.88. The number of hydrogen-bond acceptors (Lipinski definition) is 5. The van der Waals surface area contributed by atoms with Gasteiger partial charge in [0, 0.05) is 23.9 Å². The number of nitrogens with zero attached hydrogens (tertiary/aromatic N) is 3. The largest absolute Gasteiger partial charge is 0.365 e. The van der Waals surface area contributed by atoms with Crippen LogP contribution >= 0.6 is 0 Å². The van der Waals surface area contributed by atoms with Crippen molar-refractivity contribution in [3.05, 3.63) is 35.5 Å². The fourth-order valence-electron chi connectivity index (χ4n) is 3.21. The van der Waals surface area contributed by atoms with E-state index in [0.29, 0.717) is 30.0 Å². The number of nitrogens with one attached hydrogen (secondary N) is 1. The molecule has 1 aliphatic rings. The van der Waals surface area contributed by atoms with Crippen molar-refractivity contribution in [3.63, 3.8) is 0 Å². The Kier molecular flexibility index (Phi) is 5.16. The van der Waals surface area contributed by atoms with Crippen LogP contribution in [0.3, 0.4) is 0 Å². The molecule has 1 aromatic heterocycles. The number of sulfone groups is 1. The topological polar surface area (TPSA) is 127 Å². The van der Waals surface area contributed by atoms with Crippen molar-refractivity contribution in [3.8, 4) is 11.3 Å². The summed E-state index contributed by atoms with van der Waals surface area (Å²) in [4.78, 5) is 26.5. The van der Waals surface area contributed by atoms with Gasteiger partial charge in [0.2, 0.25) is 0 Å². The molecule has 2 aromatic rings. The minimum atomic E-state index is -3.33. The first-order valence-electron chi connectivity index (χ1n) is 9.14. The van der Waals surface area contributed by atoms with Gasteiger partial charge in [0.25, 0.3) is 5.91 Å². The van der Waals surface area contributed by atoms with Crippen molar-refractivity contribution in [2.45, 2.75) is 44.3 Å². The molecule has 0 saturated heterocycles. The van der Waals surface area contributed by atoms with Gasteiger partial charge >= 0.3 is 6.03 Å². The second-order valence-electron chi connectivity index (χ2n) is 8.16. The van der Waals surface area contributed by atoms with E-state index in [0.717, 1.165) is 6.26 Å². The van der Waals surface area contributed by atoms with Gasteiger partial charge in [0.1, 0.15) is 5.69 Å². The van der Waals surface area contributed by atoms with Crippen molar-refractivity contribution in [2.24, 2.45) is 5.73 Å². The maximum Gasteiger partial charge on any atom is 0.318 e. The average molecular weight is 420 g/mol. The summed E-state index contributed by atoms with van der Waals surface area (Å²) < 4.78 is 25.0. The lowest BCUT2D eigenvalue weighted by atomic mass is 10.0. The Labute approximate surface area is 169 Å². The third-order valence-electron chi connectivity index (χ3n) is 4.55. The van der Waals surface area contributed by atoms with Crippen LogP contribution in [0.5, 0.6) is 0 Å². The molecule has 0 aliphatic carbocycles. The van der Waals surface area contributed by atoms with Crippen LogP contribution in [-0.2, 0) is 22.9 Å². The lowest BCUT2D eigenvalue weighted by molar-refractivity contribution is 0.0997. The Bertz CT molecular complexity index is 1070. The molecule has 29 heavy (non-hydrogen) atoms. The molecule has 1 aromatic carbocycles. The highest BCUT2D eigenvalue weighted by Gasteiger charge is 2.30. The van der Waals surface area contributed by atoms with E-state index in [-0.39, 0.29) is 28.6 Å². The van der Waals surface area contributed by atoms with Crippen LogP contribution in [0.2, 0.25) is 0 Å². The Morgan fingerprint density at radius 2 is 1.76 bits per heavy atom. The van der Waals surface area contributed by atoms with E-state index in [1.54, 1.807) is 21.7 Å². The van der Waals surface area contributed by atoms with Crippen LogP contribution in [0.15, 0.2) is 29.2 Å². The summed E-state index contributed by atoms with van der Waals surface area (Å²) in [6.07, 6.45) is 1.13. The summed E-state index contributed by atoms with van der Waals surface area (Å²) >= 11 is 0. The molecule has 0 bridgehead atoms. The quantitative estimate of drug-likeness (QED) is 0.777. The zero-order chi connectivity index (χ0) is 21.6. The van der Waals surface area contributed by atoms with Crippen LogP contribution in [0, 0.1) is 0 Å². The minimum Gasteiger partial charge on any atom is -0.365 e. The Morgan fingerprint density at radius 1 is 1.14 bits per heavy atom. The molecule has 156 valence electrons. The second kappa shape index (κ2) is 7.18. The molecule has 0 atom stereocenters. The lowest BCUT2D eigenvalue weighted by Crippen LogP contribution is -2.50. The van der Waals surface area contributed by atoms with Gasteiger partial charge in [0.05, 0.1) is 29.2 Å². The zero-order valence-corrected chi connectivity index (χ0v) is 17.7. The highest BCUT2D eigenvalue weighted by atomic mass is 32.2. The van der Waals surface area contributed by atoms with E-state index in [9.17, 15) is 18.0 Å². The molecule has 9 nitrogen and oxygen atoms in total. The number of fused-ring (bicyclic) bond motifs is 1. The molecule has 0 unspecified atom stereocenters. The van der Waals surface area contributed by atoms with E-state index >= 15 is 0 Å². The molecule has 3 N–H and O–H groups in total. The van der Waals surface area contributed by atoms with Gasteiger partial charge in [-0.05, 0) is 32.9 Å². The number of carbonyl (C=O) groups excluding carboxylic acids is 2. The van der Waals surface area contributed by atoms with Crippen molar-refractivity contribution in [2.75, 3.05) is 12.8 Å². The monoisotopic (exact) mass is 419 g/mol. The van der Waals surface area contributed by atoms with Crippen LogP contribution < -0.4 is 11.1 Å². The number of carbonyl (C=O) groups is 2. The maximum absolute atomic E-state index is 12.5. The third kappa shape index (κ3) is 4.42. The smallest absolute Gasteiger partial charge is 0.318 e. The average Bonchev–Trinajstić information content (AvgIpc) is 2.98. The van der Waals surface area contributed by atoms with Gasteiger partial charge in [-0.1, -0.05) is 12.1 Å². The van der Waals surface area contributed by atoms with Crippen molar-refractivity contribution in [1.29, 1.82) is 0 Å². The highest BCUT2D eigenvalue weighted by molar-refractivity contribution is 7.90. The summed E-state index contributed by atoms with van der Waals surface area (Å²) in [6, 6.07) is 5.91. The van der Waals surface area contributed by atoms with Crippen LogP contribution in [0.4, 0.5) is 4.79 Å². The van der Waals surface area contributed by atoms with E-state index < -0.39 is 15.7 Å². The van der Waals surface area contributed by atoms with Gasteiger partial charge in [-0.15, -0.1) is 0 Å². The van der Waals surface area contributed by atoms with E-state index in [1.807, 2.05) is 20.8 Å². The fourth-order valence-corrected chi connectivity index (χ4v) is 3.84. The molecule has 0 fully saturated rings. The number of hydrogen-bond donors (Lipinski definition) is 2. The first-order valence-corrected chi connectivity index (χ1v) is 11.0. The lowest BCUT2D eigenvalue weighted by Gasteiger charge is -2.31. The number of nitrogens with two attached hydrogens (primary N) is 1. The standard InChI is InChI=1S/C19H25N5O4S/c1-19(2,3)21-18(26)23-9-10-24-14(11-23)15(17(20)25)16(22-24)12-5-7-13(8-6-12)29(4,27)28/h5-8H,9-11H2,1-4H3,(H2,20,25)(H,21,26). The summed E-state index contributed by atoms with van der Waals surface area (Å²) in [5, 5.41) is 7.42. The summed E-state index contributed by atoms with van der Waals surface area (Å²) in [5.41, 5.74) is 7.02. The molecule has 0 spiro atoms. The van der Waals surface area contributed by atoms with Crippen molar-refractivity contribution >= 4 is 21.8 Å². The highest BCUT2D eigenvalue weighted by Crippen LogP contribution is 2.29. The second-order valence-corrected chi connectivity index (χ2v) is 10.2. The fraction of sp³-hybridized carbons (Fsp3) is 0.421. The number of urea groups is 1. The first kappa shape index (κ1) is 20.8. The molecule has 0 saturated carbocycles. The van der Waals surface area contributed by atoms with Gasteiger partial charge in [-0.25, -0.2) is 13.2 Å². The molecule has 1 aliphatic heterocycles. The van der Waals surface area contributed by atoms with Crippen LogP contribution in [0.25, 0.3) is 11.3 Å². The summed E-state index contributed by atoms with van der Waals surface area (Å²) in [7, 11) is -3.33. The number of amides is 3. The normalized spacial score (nSPS) is 14.4. The van der Waals surface area contributed by atoms with E-state index in [4.69, 9.17) is 5.73 Å². The van der Waals surface area contributed by atoms with Crippen molar-refractivity contribution in [1.82, 2.24) is 20.0 Å². The molecule has 0 radical (unpaired) electrons. The first-order chi connectivity index (χ1) is 13.4. The molecule has 10 heteroatoms. The molecule has 3 amide bonds. The van der Waals surface area contributed by atoms with Crippen LogP contribution in [0.1, 0.15) is 36.8 Å². The number of rotatable bonds is 3. The van der Waals surface area contributed by atoms with Gasteiger partial charge in [-0.2, -0.15) is 5.10 Å².